The molecule has 1 heteroatoms. The monoisotopic (exact) mass is 327 g/mol. The number of hydrogen-bond donors (Lipinski definition) is 0. The van der Waals surface area contributed by atoms with Crippen LogP contribution in [0.2, 0.25) is 0 Å². The molecule has 0 N–H and O–H groups in total. The standard InChI is InChI=1S/C23H37N/c1-3-5-6-19-9-16-23(24-17-19)22-14-12-21(13-15-22)20-10-7-18(4-2)8-11-20/h9,16-18,20-22H,3-8,10-15H2,1-2H3/t18-,20-,21?,22?. The van der Waals surface area contributed by atoms with E-state index >= 15 is 0 Å². The van der Waals surface area contributed by atoms with Gasteiger partial charge in [-0.25, -0.2) is 0 Å². The van der Waals surface area contributed by atoms with Crippen LogP contribution in [-0.2, 0) is 6.42 Å². The van der Waals surface area contributed by atoms with Crippen molar-refractivity contribution in [2.75, 3.05) is 0 Å². The summed E-state index contributed by atoms with van der Waals surface area (Å²) in [7, 11) is 0. The number of nitrogens with zero attached hydrogens (tertiary/aromatic N) is 1. The van der Waals surface area contributed by atoms with E-state index in [-0.39, 0.29) is 0 Å². The summed E-state index contributed by atoms with van der Waals surface area (Å²) in [6, 6.07) is 4.65. The lowest BCUT2D eigenvalue weighted by Gasteiger charge is -2.37. The number of unbranched alkanes of at least 4 members (excludes halogenated alkanes) is 1. The van der Waals surface area contributed by atoms with Crippen LogP contribution >= 0.6 is 0 Å². The Hall–Kier alpha value is -0.850. The summed E-state index contributed by atoms with van der Waals surface area (Å²) >= 11 is 0. The van der Waals surface area contributed by atoms with Crippen molar-refractivity contribution in [2.24, 2.45) is 17.8 Å². The Balaban J connectivity index is 1.46. The van der Waals surface area contributed by atoms with Crippen molar-refractivity contribution >= 4 is 0 Å². The molecule has 2 saturated carbocycles. The fourth-order valence-corrected chi connectivity index (χ4v) is 5.16. The zero-order valence-corrected chi connectivity index (χ0v) is 16.0. The van der Waals surface area contributed by atoms with Gasteiger partial charge < -0.3 is 0 Å². The maximum Gasteiger partial charge on any atom is 0.0434 e. The molecule has 1 nitrogen and oxygen atoms in total. The highest BCUT2D eigenvalue weighted by atomic mass is 14.7. The minimum atomic E-state index is 0.730. The van der Waals surface area contributed by atoms with Gasteiger partial charge in [-0.05, 0) is 80.8 Å². The van der Waals surface area contributed by atoms with Gasteiger partial charge in [0.25, 0.3) is 0 Å². The zero-order valence-electron chi connectivity index (χ0n) is 16.0. The maximum atomic E-state index is 4.81. The van der Waals surface area contributed by atoms with Crippen molar-refractivity contribution in [3.05, 3.63) is 29.6 Å². The summed E-state index contributed by atoms with van der Waals surface area (Å²) in [5, 5.41) is 0. The fraction of sp³-hybridized carbons (Fsp3) is 0.783. The van der Waals surface area contributed by atoms with Gasteiger partial charge in [0.15, 0.2) is 0 Å². The molecule has 0 saturated heterocycles. The summed E-state index contributed by atoms with van der Waals surface area (Å²) in [5.74, 6) is 3.82. The third-order valence-corrected chi connectivity index (χ3v) is 6.99. The minimum absolute atomic E-state index is 0.730. The van der Waals surface area contributed by atoms with E-state index in [1.165, 1.54) is 88.3 Å². The normalized spacial score (nSPS) is 31.1. The Kier molecular flexibility index (Phi) is 6.75. The average Bonchev–Trinajstić information content (AvgIpc) is 2.67. The zero-order chi connectivity index (χ0) is 16.8. The lowest BCUT2D eigenvalue weighted by atomic mass is 9.68. The number of pyridine rings is 1. The first kappa shape index (κ1) is 18.0. The molecule has 0 unspecified atom stereocenters. The van der Waals surface area contributed by atoms with E-state index in [4.69, 9.17) is 4.98 Å². The van der Waals surface area contributed by atoms with E-state index in [1.807, 2.05) is 0 Å². The van der Waals surface area contributed by atoms with Crippen molar-refractivity contribution in [3.8, 4) is 0 Å². The summed E-state index contributed by atoms with van der Waals surface area (Å²) in [5.41, 5.74) is 2.78. The number of aromatic nitrogens is 1. The Morgan fingerprint density at radius 1 is 0.875 bits per heavy atom. The van der Waals surface area contributed by atoms with Gasteiger partial charge in [-0.1, -0.05) is 45.6 Å². The van der Waals surface area contributed by atoms with Gasteiger partial charge >= 0.3 is 0 Å². The molecule has 0 amide bonds. The highest BCUT2D eigenvalue weighted by Crippen LogP contribution is 2.43. The van der Waals surface area contributed by atoms with Crippen molar-refractivity contribution in [3.63, 3.8) is 0 Å². The van der Waals surface area contributed by atoms with E-state index in [0.29, 0.717) is 0 Å². The van der Waals surface area contributed by atoms with Gasteiger partial charge in [0.1, 0.15) is 0 Å². The van der Waals surface area contributed by atoms with Gasteiger partial charge in [-0.3, -0.25) is 4.98 Å². The molecule has 24 heavy (non-hydrogen) atoms. The predicted octanol–water partition coefficient (Wildman–Crippen LogP) is 6.91. The number of aryl methyl sites for hydroxylation is 1. The first-order valence-electron chi connectivity index (χ1n) is 10.7. The van der Waals surface area contributed by atoms with Crippen LogP contribution in [0, 0.1) is 17.8 Å². The van der Waals surface area contributed by atoms with Gasteiger partial charge in [0.2, 0.25) is 0 Å². The van der Waals surface area contributed by atoms with E-state index in [2.05, 4.69) is 32.2 Å². The van der Waals surface area contributed by atoms with Gasteiger partial charge in [0.05, 0.1) is 0 Å². The molecule has 0 radical (unpaired) electrons. The van der Waals surface area contributed by atoms with E-state index < -0.39 is 0 Å². The van der Waals surface area contributed by atoms with Crippen molar-refractivity contribution in [2.45, 2.75) is 96.8 Å². The first-order chi connectivity index (χ1) is 11.8. The second-order valence-electron chi connectivity index (χ2n) is 8.50. The molecule has 1 aromatic rings. The molecule has 3 rings (SSSR count). The highest BCUT2D eigenvalue weighted by Gasteiger charge is 2.31. The Morgan fingerprint density at radius 2 is 1.54 bits per heavy atom. The van der Waals surface area contributed by atoms with E-state index in [1.54, 1.807) is 0 Å². The molecule has 0 spiro atoms. The molecule has 2 aliphatic rings. The summed E-state index contributed by atoms with van der Waals surface area (Å²) in [6.45, 7) is 4.63. The SMILES string of the molecule is CCCCc1ccc(C2CCC([C@H]3CC[C@H](CC)CC3)CC2)nc1. The van der Waals surface area contributed by atoms with Crippen LogP contribution in [0.3, 0.4) is 0 Å². The van der Waals surface area contributed by atoms with E-state index in [9.17, 15) is 0 Å². The lowest BCUT2D eigenvalue weighted by Crippen LogP contribution is -2.25. The van der Waals surface area contributed by atoms with Crippen LogP contribution in [-0.4, -0.2) is 4.98 Å². The summed E-state index contributed by atoms with van der Waals surface area (Å²) in [4.78, 5) is 4.81. The largest absolute Gasteiger partial charge is 0.261 e. The molecule has 0 atom stereocenters. The topological polar surface area (TPSA) is 12.9 Å². The summed E-state index contributed by atoms with van der Waals surface area (Å²) in [6.07, 6.45) is 19.0. The molecule has 0 aliphatic heterocycles. The van der Waals surface area contributed by atoms with E-state index in [0.717, 1.165) is 23.7 Å². The molecule has 0 aromatic carbocycles. The van der Waals surface area contributed by atoms with Gasteiger partial charge in [-0.15, -0.1) is 0 Å². The number of hydrogen-bond acceptors (Lipinski definition) is 1. The number of rotatable bonds is 6. The smallest absolute Gasteiger partial charge is 0.0434 e. The second kappa shape index (κ2) is 9.02. The third-order valence-electron chi connectivity index (χ3n) is 6.99. The van der Waals surface area contributed by atoms with Crippen molar-refractivity contribution in [1.29, 1.82) is 0 Å². The summed E-state index contributed by atoms with van der Waals surface area (Å²) < 4.78 is 0. The maximum absolute atomic E-state index is 4.81. The average molecular weight is 328 g/mol. The van der Waals surface area contributed by atoms with Crippen LogP contribution in [0.5, 0.6) is 0 Å². The van der Waals surface area contributed by atoms with Crippen LogP contribution in [0.25, 0.3) is 0 Å². The first-order valence-corrected chi connectivity index (χ1v) is 10.7. The lowest BCUT2D eigenvalue weighted by molar-refractivity contribution is 0.158. The minimum Gasteiger partial charge on any atom is -0.261 e. The molecular weight excluding hydrogens is 290 g/mol. The highest BCUT2D eigenvalue weighted by molar-refractivity contribution is 5.17. The third kappa shape index (κ3) is 4.61. The van der Waals surface area contributed by atoms with Crippen molar-refractivity contribution in [1.82, 2.24) is 4.98 Å². The van der Waals surface area contributed by atoms with Crippen LogP contribution < -0.4 is 0 Å². The molecule has 2 aliphatic carbocycles. The fourth-order valence-electron chi connectivity index (χ4n) is 5.16. The molecule has 1 aromatic heterocycles. The van der Waals surface area contributed by atoms with Gasteiger partial charge in [0, 0.05) is 17.8 Å². The molecule has 134 valence electrons. The predicted molar refractivity (Wildman–Crippen MR) is 103 cm³/mol. The molecular formula is C23H37N. The molecule has 1 heterocycles. The molecule has 0 bridgehead atoms. The van der Waals surface area contributed by atoms with Gasteiger partial charge in [-0.2, -0.15) is 0 Å². The van der Waals surface area contributed by atoms with Crippen LogP contribution in [0.4, 0.5) is 0 Å². The Labute approximate surface area is 149 Å². The van der Waals surface area contributed by atoms with Crippen molar-refractivity contribution < 1.29 is 0 Å². The Morgan fingerprint density at radius 3 is 2.08 bits per heavy atom. The van der Waals surface area contributed by atoms with Crippen LogP contribution in [0.15, 0.2) is 18.3 Å². The molecule has 2 fully saturated rings. The quantitative estimate of drug-likeness (QED) is 0.553. The van der Waals surface area contributed by atoms with Crippen LogP contribution in [0.1, 0.15) is 102 Å². The second-order valence-corrected chi connectivity index (χ2v) is 8.50. The Bertz CT molecular complexity index is 461.